The van der Waals surface area contributed by atoms with Crippen LogP contribution in [0.25, 0.3) is 0 Å². The van der Waals surface area contributed by atoms with E-state index in [9.17, 15) is 9.59 Å². The highest BCUT2D eigenvalue weighted by Gasteiger charge is 2.14. The van der Waals surface area contributed by atoms with Gasteiger partial charge in [0.2, 0.25) is 5.91 Å². The molecule has 0 saturated heterocycles. The molecule has 1 amide bonds. The van der Waals surface area contributed by atoms with Gasteiger partial charge in [-0.2, -0.15) is 0 Å². The third kappa shape index (κ3) is 2.91. The van der Waals surface area contributed by atoms with Crippen LogP contribution in [0.5, 0.6) is 0 Å². The maximum Gasteiger partial charge on any atom is 0.337 e. The van der Waals surface area contributed by atoms with Crippen LogP contribution in [-0.4, -0.2) is 37.6 Å². The number of carboxylic acids is 1. The van der Waals surface area contributed by atoms with Crippen LogP contribution in [0.1, 0.15) is 15.9 Å². The lowest BCUT2D eigenvalue weighted by Crippen LogP contribution is -2.33. The summed E-state index contributed by atoms with van der Waals surface area (Å²) >= 11 is 0. The van der Waals surface area contributed by atoms with Gasteiger partial charge in [-0.1, -0.05) is 0 Å². The molecule has 0 radical (unpaired) electrons. The first-order valence-corrected chi connectivity index (χ1v) is 5.42. The molecule has 6 heteroatoms. The molecule has 1 aromatic carbocycles. The summed E-state index contributed by atoms with van der Waals surface area (Å²) < 4.78 is 0. The van der Waals surface area contributed by atoms with Crippen molar-refractivity contribution in [2.45, 2.75) is 6.92 Å². The highest BCUT2D eigenvalue weighted by atomic mass is 16.4. The largest absolute Gasteiger partial charge is 0.478 e. The molecular formula is C12H17N3O3. The summed E-state index contributed by atoms with van der Waals surface area (Å²) in [6.07, 6.45) is 0. The molecule has 0 aromatic heterocycles. The summed E-state index contributed by atoms with van der Waals surface area (Å²) in [7, 11) is 3.26. The molecule has 0 bridgehead atoms. The van der Waals surface area contributed by atoms with Crippen molar-refractivity contribution in [3.8, 4) is 0 Å². The van der Waals surface area contributed by atoms with Crippen molar-refractivity contribution >= 4 is 23.3 Å². The van der Waals surface area contributed by atoms with E-state index in [1.165, 1.54) is 6.07 Å². The molecule has 18 heavy (non-hydrogen) atoms. The first-order valence-electron chi connectivity index (χ1n) is 5.42. The van der Waals surface area contributed by atoms with Gasteiger partial charge in [-0.05, 0) is 24.6 Å². The Morgan fingerprint density at radius 3 is 2.56 bits per heavy atom. The molecule has 1 aromatic rings. The van der Waals surface area contributed by atoms with Gasteiger partial charge in [0.25, 0.3) is 0 Å². The molecule has 1 rings (SSSR count). The zero-order valence-electron chi connectivity index (χ0n) is 10.7. The van der Waals surface area contributed by atoms with Crippen LogP contribution >= 0.6 is 0 Å². The topological polar surface area (TPSA) is 95.7 Å². The minimum absolute atomic E-state index is 0.0498. The van der Waals surface area contributed by atoms with E-state index in [0.717, 1.165) is 0 Å². The molecule has 0 aliphatic carbocycles. The van der Waals surface area contributed by atoms with Crippen molar-refractivity contribution in [1.82, 2.24) is 5.32 Å². The zero-order valence-corrected chi connectivity index (χ0v) is 10.7. The van der Waals surface area contributed by atoms with Gasteiger partial charge in [0.1, 0.15) is 0 Å². The van der Waals surface area contributed by atoms with E-state index in [1.807, 2.05) is 0 Å². The minimum atomic E-state index is -1.08. The summed E-state index contributed by atoms with van der Waals surface area (Å²) in [6.45, 7) is 1.89. The number of carbonyl (C=O) groups excluding carboxylic acids is 1. The number of carbonyl (C=O) groups is 2. The number of likely N-dealkylation sites (N-methyl/N-ethyl adjacent to an activating group) is 2. The Hall–Kier alpha value is -2.24. The van der Waals surface area contributed by atoms with Crippen LogP contribution in [0.4, 0.5) is 11.4 Å². The van der Waals surface area contributed by atoms with E-state index >= 15 is 0 Å². The number of carboxylic acid groups (broad SMARTS) is 1. The van der Waals surface area contributed by atoms with Gasteiger partial charge in [0.05, 0.1) is 12.1 Å². The van der Waals surface area contributed by atoms with Crippen molar-refractivity contribution in [1.29, 1.82) is 0 Å². The Morgan fingerprint density at radius 1 is 1.44 bits per heavy atom. The number of nitrogens with two attached hydrogens (primary N) is 1. The summed E-state index contributed by atoms with van der Waals surface area (Å²) in [5, 5.41) is 11.6. The fraction of sp³-hybridized carbons (Fsp3) is 0.333. The Balaban J connectivity index is 3.10. The standard InChI is InChI=1S/C12H17N3O3/c1-7-4-8(15(3)6-10(16)14-2)5-9(11(7)13)12(17)18/h4-5H,6,13H2,1-3H3,(H,14,16)(H,17,18). The van der Waals surface area contributed by atoms with E-state index in [4.69, 9.17) is 10.8 Å². The van der Waals surface area contributed by atoms with Gasteiger partial charge in [-0.15, -0.1) is 0 Å². The van der Waals surface area contributed by atoms with E-state index in [-0.39, 0.29) is 23.7 Å². The van der Waals surface area contributed by atoms with Crippen molar-refractivity contribution in [3.05, 3.63) is 23.3 Å². The third-order valence-electron chi connectivity index (χ3n) is 2.70. The Labute approximate surface area is 105 Å². The minimum Gasteiger partial charge on any atom is -0.478 e. The van der Waals surface area contributed by atoms with E-state index < -0.39 is 5.97 Å². The smallest absolute Gasteiger partial charge is 0.337 e. The highest BCUT2D eigenvalue weighted by molar-refractivity contribution is 5.96. The van der Waals surface area contributed by atoms with Crippen LogP contribution in [-0.2, 0) is 4.79 Å². The SMILES string of the molecule is CNC(=O)CN(C)c1cc(C)c(N)c(C(=O)O)c1. The number of nitrogen functional groups attached to an aromatic ring is 1. The average Bonchev–Trinajstić information content (AvgIpc) is 2.31. The number of hydrogen-bond acceptors (Lipinski definition) is 4. The second-order valence-corrected chi connectivity index (χ2v) is 4.06. The van der Waals surface area contributed by atoms with Gasteiger partial charge >= 0.3 is 5.97 Å². The summed E-state index contributed by atoms with van der Waals surface area (Å²) in [4.78, 5) is 24.0. The number of hydrogen-bond donors (Lipinski definition) is 3. The quantitative estimate of drug-likeness (QED) is 0.675. The summed E-state index contributed by atoms with van der Waals surface area (Å²) in [5.74, 6) is -1.23. The van der Waals surface area contributed by atoms with Crippen molar-refractivity contribution in [2.75, 3.05) is 31.3 Å². The number of rotatable bonds is 4. The molecule has 98 valence electrons. The number of nitrogens with one attached hydrogen (secondary N) is 1. The van der Waals surface area contributed by atoms with Crippen LogP contribution in [0, 0.1) is 6.92 Å². The van der Waals surface area contributed by atoms with Crippen LogP contribution in [0.15, 0.2) is 12.1 Å². The van der Waals surface area contributed by atoms with Crippen molar-refractivity contribution in [2.24, 2.45) is 0 Å². The molecule has 0 aliphatic heterocycles. The molecular weight excluding hydrogens is 234 g/mol. The molecule has 0 fully saturated rings. The lowest BCUT2D eigenvalue weighted by molar-refractivity contribution is -0.119. The summed E-state index contributed by atoms with van der Waals surface area (Å²) in [6, 6.07) is 3.22. The van der Waals surface area contributed by atoms with Gasteiger partial charge in [0.15, 0.2) is 0 Å². The normalized spacial score (nSPS) is 9.94. The van der Waals surface area contributed by atoms with Gasteiger partial charge in [-0.3, -0.25) is 4.79 Å². The maximum atomic E-state index is 11.3. The molecule has 0 atom stereocenters. The average molecular weight is 251 g/mol. The number of aryl methyl sites for hydroxylation is 1. The molecule has 0 spiro atoms. The second kappa shape index (κ2) is 5.39. The van der Waals surface area contributed by atoms with E-state index in [1.54, 1.807) is 32.0 Å². The maximum absolute atomic E-state index is 11.3. The molecule has 0 saturated carbocycles. The Bertz CT molecular complexity index is 486. The van der Waals surface area contributed by atoms with E-state index in [0.29, 0.717) is 11.3 Å². The monoisotopic (exact) mass is 251 g/mol. The number of nitrogens with zero attached hydrogens (tertiary/aromatic N) is 1. The highest BCUT2D eigenvalue weighted by Crippen LogP contribution is 2.24. The summed E-state index contributed by atoms with van der Waals surface area (Å²) in [5.41, 5.74) is 7.32. The lowest BCUT2D eigenvalue weighted by Gasteiger charge is -2.20. The van der Waals surface area contributed by atoms with Crippen LogP contribution in [0.3, 0.4) is 0 Å². The van der Waals surface area contributed by atoms with Gasteiger partial charge in [0, 0.05) is 25.5 Å². The van der Waals surface area contributed by atoms with Crippen LogP contribution < -0.4 is 16.0 Å². The Kier molecular flexibility index (Phi) is 4.14. The zero-order chi connectivity index (χ0) is 13.9. The predicted octanol–water partition coefficient (Wildman–Crippen LogP) is 0.458. The third-order valence-corrected chi connectivity index (χ3v) is 2.70. The molecule has 6 nitrogen and oxygen atoms in total. The van der Waals surface area contributed by atoms with Gasteiger partial charge < -0.3 is 21.1 Å². The molecule has 0 heterocycles. The fourth-order valence-corrected chi connectivity index (χ4v) is 1.56. The molecule has 0 unspecified atom stereocenters. The predicted molar refractivity (Wildman–Crippen MR) is 69.9 cm³/mol. The fourth-order valence-electron chi connectivity index (χ4n) is 1.56. The number of anilines is 2. The Morgan fingerprint density at radius 2 is 2.06 bits per heavy atom. The molecule has 0 aliphatic rings. The van der Waals surface area contributed by atoms with E-state index in [2.05, 4.69) is 5.32 Å². The first-order chi connectivity index (χ1) is 8.36. The number of amides is 1. The molecule has 4 N–H and O–H groups in total. The second-order valence-electron chi connectivity index (χ2n) is 4.06. The van der Waals surface area contributed by atoms with Crippen molar-refractivity contribution < 1.29 is 14.7 Å². The first kappa shape index (κ1) is 13.8. The number of benzene rings is 1. The lowest BCUT2D eigenvalue weighted by atomic mass is 10.1. The van der Waals surface area contributed by atoms with Gasteiger partial charge in [-0.25, -0.2) is 4.79 Å². The van der Waals surface area contributed by atoms with Crippen molar-refractivity contribution in [3.63, 3.8) is 0 Å². The van der Waals surface area contributed by atoms with Crippen LogP contribution in [0.2, 0.25) is 0 Å². The number of aromatic carboxylic acids is 1.